The van der Waals surface area contributed by atoms with Gasteiger partial charge in [-0.1, -0.05) is 42.5 Å². The van der Waals surface area contributed by atoms with Crippen molar-refractivity contribution in [3.05, 3.63) is 84.4 Å². The number of rotatable bonds is 6. The van der Waals surface area contributed by atoms with Gasteiger partial charge in [0.1, 0.15) is 18.1 Å². The second-order valence-corrected chi connectivity index (χ2v) is 4.99. The van der Waals surface area contributed by atoms with E-state index < -0.39 is 0 Å². The first kappa shape index (κ1) is 14.9. The van der Waals surface area contributed by atoms with Crippen LogP contribution in [0.4, 0.5) is 5.69 Å². The Bertz CT molecular complexity index is 743. The SMILES string of the molecule is NNc1ccccc1Oc1ccc(OCc2ccccc2)cc1. The smallest absolute Gasteiger partial charge is 0.151 e. The fourth-order valence-electron chi connectivity index (χ4n) is 2.15. The molecule has 0 fully saturated rings. The summed E-state index contributed by atoms with van der Waals surface area (Å²) in [6, 6.07) is 25.1. The van der Waals surface area contributed by atoms with E-state index in [1.165, 1.54) is 0 Å². The number of nitrogen functional groups attached to an aromatic ring is 1. The van der Waals surface area contributed by atoms with E-state index in [0.29, 0.717) is 12.4 Å². The average molecular weight is 306 g/mol. The molecule has 116 valence electrons. The minimum atomic E-state index is 0.543. The van der Waals surface area contributed by atoms with Crippen molar-refractivity contribution < 1.29 is 9.47 Å². The van der Waals surface area contributed by atoms with Gasteiger partial charge in [-0.15, -0.1) is 0 Å². The summed E-state index contributed by atoms with van der Waals surface area (Å²) in [6.45, 7) is 0.543. The Morgan fingerprint density at radius 3 is 2.13 bits per heavy atom. The van der Waals surface area contributed by atoms with Crippen molar-refractivity contribution in [3.63, 3.8) is 0 Å². The molecule has 0 bridgehead atoms. The van der Waals surface area contributed by atoms with E-state index in [2.05, 4.69) is 5.43 Å². The molecule has 3 aromatic rings. The van der Waals surface area contributed by atoms with Crippen LogP contribution in [0.15, 0.2) is 78.9 Å². The van der Waals surface area contributed by atoms with E-state index in [9.17, 15) is 0 Å². The summed E-state index contributed by atoms with van der Waals surface area (Å²) in [6.07, 6.45) is 0. The van der Waals surface area contributed by atoms with Gasteiger partial charge in [0.15, 0.2) is 5.75 Å². The molecule has 0 amide bonds. The fourth-order valence-corrected chi connectivity index (χ4v) is 2.15. The monoisotopic (exact) mass is 306 g/mol. The minimum absolute atomic E-state index is 0.543. The Morgan fingerprint density at radius 1 is 0.739 bits per heavy atom. The van der Waals surface area contributed by atoms with Crippen molar-refractivity contribution in [2.45, 2.75) is 6.61 Å². The Balaban J connectivity index is 1.63. The molecule has 0 aliphatic rings. The number of hydrogen-bond acceptors (Lipinski definition) is 4. The number of hydrazine groups is 1. The van der Waals surface area contributed by atoms with E-state index in [1.807, 2.05) is 78.9 Å². The number of nitrogens with two attached hydrogens (primary N) is 1. The maximum absolute atomic E-state index is 5.82. The van der Waals surface area contributed by atoms with Crippen molar-refractivity contribution in [2.75, 3.05) is 5.43 Å². The lowest BCUT2D eigenvalue weighted by atomic mass is 10.2. The van der Waals surface area contributed by atoms with Gasteiger partial charge in [0.2, 0.25) is 0 Å². The molecular weight excluding hydrogens is 288 g/mol. The lowest BCUT2D eigenvalue weighted by molar-refractivity contribution is 0.306. The summed E-state index contributed by atoms with van der Waals surface area (Å²) in [5.74, 6) is 7.67. The number of hydrogen-bond donors (Lipinski definition) is 2. The van der Waals surface area contributed by atoms with Gasteiger partial charge in [0, 0.05) is 0 Å². The zero-order valence-electron chi connectivity index (χ0n) is 12.6. The van der Waals surface area contributed by atoms with E-state index in [4.69, 9.17) is 15.3 Å². The number of nitrogens with one attached hydrogen (secondary N) is 1. The topological polar surface area (TPSA) is 56.5 Å². The zero-order valence-corrected chi connectivity index (χ0v) is 12.6. The summed E-state index contributed by atoms with van der Waals surface area (Å²) < 4.78 is 11.6. The third-order valence-corrected chi connectivity index (χ3v) is 3.34. The van der Waals surface area contributed by atoms with Crippen LogP contribution in [0.5, 0.6) is 17.2 Å². The third-order valence-electron chi connectivity index (χ3n) is 3.34. The number of para-hydroxylation sites is 2. The third kappa shape index (κ3) is 4.02. The van der Waals surface area contributed by atoms with Gasteiger partial charge in [-0.05, 0) is 42.0 Å². The Morgan fingerprint density at radius 2 is 1.39 bits per heavy atom. The highest BCUT2D eigenvalue weighted by atomic mass is 16.5. The fraction of sp³-hybridized carbons (Fsp3) is 0.0526. The predicted molar refractivity (Wildman–Crippen MR) is 91.5 cm³/mol. The van der Waals surface area contributed by atoms with Crippen LogP contribution in [0.2, 0.25) is 0 Å². The molecule has 3 aromatic carbocycles. The molecule has 0 aliphatic heterocycles. The Kier molecular flexibility index (Phi) is 4.76. The second-order valence-electron chi connectivity index (χ2n) is 4.99. The highest BCUT2D eigenvalue weighted by Crippen LogP contribution is 2.29. The number of anilines is 1. The van der Waals surface area contributed by atoms with Crippen molar-refractivity contribution in [1.29, 1.82) is 0 Å². The molecule has 0 saturated carbocycles. The average Bonchev–Trinajstić information content (AvgIpc) is 2.62. The molecule has 0 radical (unpaired) electrons. The largest absolute Gasteiger partial charge is 0.489 e. The lowest BCUT2D eigenvalue weighted by Crippen LogP contribution is -2.07. The summed E-state index contributed by atoms with van der Waals surface area (Å²) in [7, 11) is 0. The number of benzene rings is 3. The summed E-state index contributed by atoms with van der Waals surface area (Å²) in [4.78, 5) is 0. The molecule has 0 heterocycles. The molecule has 0 atom stereocenters. The van der Waals surface area contributed by atoms with Gasteiger partial charge in [-0.2, -0.15) is 0 Å². The molecule has 0 unspecified atom stereocenters. The summed E-state index contributed by atoms with van der Waals surface area (Å²) in [5, 5.41) is 0. The Hall–Kier alpha value is -2.98. The zero-order chi connectivity index (χ0) is 15.9. The Labute approximate surface area is 135 Å². The minimum Gasteiger partial charge on any atom is -0.489 e. The standard InChI is InChI=1S/C19H18N2O2/c20-21-18-8-4-5-9-19(18)23-17-12-10-16(11-13-17)22-14-15-6-2-1-3-7-15/h1-13,21H,14,20H2. The number of ether oxygens (including phenoxy) is 2. The van der Waals surface area contributed by atoms with Crippen molar-refractivity contribution in [3.8, 4) is 17.2 Å². The van der Waals surface area contributed by atoms with Gasteiger partial charge >= 0.3 is 0 Å². The molecule has 0 saturated heterocycles. The molecule has 4 heteroatoms. The van der Waals surface area contributed by atoms with Crippen LogP contribution in [-0.4, -0.2) is 0 Å². The van der Waals surface area contributed by atoms with Crippen LogP contribution >= 0.6 is 0 Å². The van der Waals surface area contributed by atoms with Gasteiger partial charge in [0.05, 0.1) is 5.69 Å². The van der Waals surface area contributed by atoms with Crippen LogP contribution < -0.4 is 20.7 Å². The first-order chi connectivity index (χ1) is 11.3. The van der Waals surface area contributed by atoms with Gasteiger partial charge in [0.25, 0.3) is 0 Å². The van der Waals surface area contributed by atoms with Crippen LogP contribution in [0.3, 0.4) is 0 Å². The lowest BCUT2D eigenvalue weighted by Gasteiger charge is -2.11. The predicted octanol–water partition coefficient (Wildman–Crippen LogP) is 4.34. The molecule has 3 rings (SSSR count). The van der Waals surface area contributed by atoms with E-state index in [-0.39, 0.29) is 0 Å². The van der Waals surface area contributed by atoms with Crippen LogP contribution in [0.1, 0.15) is 5.56 Å². The maximum Gasteiger partial charge on any atom is 0.151 e. The molecule has 23 heavy (non-hydrogen) atoms. The van der Waals surface area contributed by atoms with Crippen LogP contribution in [-0.2, 0) is 6.61 Å². The van der Waals surface area contributed by atoms with Crippen molar-refractivity contribution >= 4 is 5.69 Å². The molecule has 4 nitrogen and oxygen atoms in total. The first-order valence-electron chi connectivity index (χ1n) is 7.35. The van der Waals surface area contributed by atoms with Crippen molar-refractivity contribution in [2.24, 2.45) is 5.84 Å². The summed E-state index contributed by atoms with van der Waals surface area (Å²) in [5.41, 5.74) is 4.48. The van der Waals surface area contributed by atoms with E-state index in [1.54, 1.807) is 0 Å². The van der Waals surface area contributed by atoms with Gasteiger partial charge in [-0.3, -0.25) is 5.84 Å². The molecule has 0 aliphatic carbocycles. The van der Waals surface area contributed by atoms with Gasteiger partial charge in [-0.25, -0.2) is 0 Å². The molecular formula is C19H18N2O2. The summed E-state index contributed by atoms with van der Waals surface area (Å²) >= 11 is 0. The van der Waals surface area contributed by atoms with E-state index >= 15 is 0 Å². The molecule has 0 aromatic heterocycles. The van der Waals surface area contributed by atoms with E-state index in [0.717, 1.165) is 22.7 Å². The molecule has 0 spiro atoms. The first-order valence-corrected chi connectivity index (χ1v) is 7.35. The molecule has 3 N–H and O–H groups in total. The van der Waals surface area contributed by atoms with Crippen LogP contribution in [0, 0.1) is 0 Å². The normalized spacial score (nSPS) is 10.1. The highest BCUT2D eigenvalue weighted by Gasteiger charge is 2.03. The highest BCUT2D eigenvalue weighted by molar-refractivity contribution is 5.56. The second kappa shape index (κ2) is 7.33. The van der Waals surface area contributed by atoms with Crippen LogP contribution in [0.25, 0.3) is 0 Å². The van der Waals surface area contributed by atoms with Gasteiger partial charge < -0.3 is 14.9 Å². The quantitative estimate of drug-likeness (QED) is 0.525. The maximum atomic E-state index is 5.82. The van der Waals surface area contributed by atoms with Crippen molar-refractivity contribution in [1.82, 2.24) is 0 Å².